The number of halogens is 2. The second-order valence-electron chi connectivity index (χ2n) is 8.15. The molecule has 1 fully saturated rings. The van der Waals surface area contributed by atoms with Gasteiger partial charge in [0.05, 0.1) is 12.8 Å². The van der Waals surface area contributed by atoms with E-state index in [1.165, 1.54) is 23.9 Å². The second kappa shape index (κ2) is 8.68. The van der Waals surface area contributed by atoms with Crippen molar-refractivity contribution < 1.29 is 18.3 Å². The van der Waals surface area contributed by atoms with Crippen molar-refractivity contribution in [1.82, 2.24) is 20.3 Å². The maximum atomic E-state index is 15.0. The minimum Gasteiger partial charge on any atom is -0.369 e. The van der Waals surface area contributed by atoms with Gasteiger partial charge in [-0.1, -0.05) is 41.2 Å². The number of fused-ring (bicyclic) bond motifs is 1. The van der Waals surface area contributed by atoms with Crippen LogP contribution in [0.3, 0.4) is 0 Å². The van der Waals surface area contributed by atoms with E-state index in [0.717, 1.165) is 6.07 Å². The number of aromatic nitrogens is 3. The molecule has 3 aromatic rings. The molecule has 2 aromatic carbocycles. The molecule has 0 aliphatic carbocycles. The highest BCUT2D eigenvalue weighted by molar-refractivity contribution is 8.13. The number of hydrogen-bond donors (Lipinski definition) is 1. The number of thioether (sulfide) groups is 1. The Balaban J connectivity index is 1.50. The molecule has 1 N–H and O–H groups in total. The number of nitrogens with one attached hydrogen (secondary N) is 1. The number of carbonyl (C=O) groups excluding carboxylic acids is 1. The lowest BCUT2D eigenvalue weighted by Gasteiger charge is -2.46. The summed E-state index contributed by atoms with van der Waals surface area (Å²) in [5.74, 6) is -1.20. The molecule has 1 aromatic heterocycles. The van der Waals surface area contributed by atoms with Crippen LogP contribution in [-0.4, -0.2) is 38.4 Å². The molecule has 10 heteroatoms. The lowest BCUT2D eigenvalue weighted by atomic mass is 9.74. The van der Waals surface area contributed by atoms with Crippen LogP contribution < -0.4 is 5.32 Å². The van der Waals surface area contributed by atoms with E-state index in [-0.39, 0.29) is 30.1 Å². The summed E-state index contributed by atoms with van der Waals surface area (Å²) in [5, 5.41) is 11.3. The zero-order valence-corrected chi connectivity index (χ0v) is 18.6. The minimum absolute atomic E-state index is 0.0622. The average Bonchev–Trinajstić information content (AvgIpc) is 3.25. The number of rotatable bonds is 3. The molecule has 7 nitrogen and oxygen atoms in total. The Labute approximate surface area is 193 Å². The Bertz CT molecular complexity index is 1220. The summed E-state index contributed by atoms with van der Waals surface area (Å²) in [6, 6.07) is 12.3. The van der Waals surface area contributed by atoms with Crippen molar-refractivity contribution >= 4 is 22.8 Å². The van der Waals surface area contributed by atoms with Gasteiger partial charge in [-0.3, -0.25) is 9.48 Å². The van der Waals surface area contributed by atoms with Gasteiger partial charge in [0.2, 0.25) is 0 Å². The van der Waals surface area contributed by atoms with Crippen LogP contribution in [0.5, 0.6) is 0 Å². The molecule has 0 spiro atoms. The molecule has 3 heterocycles. The first-order valence-corrected chi connectivity index (χ1v) is 11.5. The predicted molar refractivity (Wildman–Crippen MR) is 120 cm³/mol. The molecular weight excluding hydrogens is 448 g/mol. The van der Waals surface area contributed by atoms with Crippen molar-refractivity contribution in [3.05, 3.63) is 83.2 Å². The van der Waals surface area contributed by atoms with Crippen LogP contribution in [0.2, 0.25) is 0 Å². The maximum absolute atomic E-state index is 15.0. The summed E-state index contributed by atoms with van der Waals surface area (Å²) in [7, 11) is 1.78. The molecule has 1 saturated heterocycles. The van der Waals surface area contributed by atoms with Gasteiger partial charge in [0.25, 0.3) is 5.91 Å². The third-order valence-corrected chi connectivity index (χ3v) is 7.04. The smallest absolute Gasteiger partial charge is 0.257 e. The highest BCUT2D eigenvalue weighted by atomic mass is 32.2. The van der Waals surface area contributed by atoms with Gasteiger partial charge in [0, 0.05) is 35.9 Å². The number of benzene rings is 2. The Morgan fingerprint density at radius 2 is 2.06 bits per heavy atom. The number of amidine groups is 1. The molecule has 3 atom stereocenters. The van der Waals surface area contributed by atoms with E-state index < -0.39 is 17.2 Å². The Hall–Kier alpha value is -3.11. The second-order valence-corrected chi connectivity index (χ2v) is 9.15. The van der Waals surface area contributed by atoms with Gasteiger partial charge < -0.3 is 10.1 Å². The van der Waals surface area contributed by atoms with Crippen LogP contribution in [0.15, 0.2) is 59.7 Å². The fourth-order valence-corrected chi connectivity index (χ4v) is 5.49. The molecular formula is C23H21F2N5O2S. The lowest BCUT2D eigenvalue weighted by Crippen LogP contribution is -2.49. The Kier molecular flexibility index (Phi) is 5.71. The number of aryl methyl sites for hydroxylation is 1. The summed E-state index contributed by atoms with van der Waals surface area (Å²) < 4.78 is 36.4. The minimum atomic E-state index is -1.10. The van der Waals surface area contributed by atoms with Gasteiger partial charge in [-0.2, -0.15) is 0 Å². The Morgan fingerprint density at radius 1 is 1.24 bits per heavy atom. The average molecular weight is 470 g/mol. The van der Waals surface area contributed by atoms with E-state index in [1.54, 1.807) is 42.2 Å². The number of amides is 1. The van der Waals surface area contributed by atoms with Gasteiger partial charge in [-0.25, -0.2) is 13.8 Å². The van der Waals surface area contributed by atoms with Crippen LogP contribution in [-0.2, 0) is 17.3 Å². The van der Waals surface area contributed by atoms with E-state index in [4.69, 9.17) is 9.73 Å². The molecule has 2 aliphatic heterocycles. The first-order chi connectivity index (χ1) is 15.9. The van der Waals surface area contributed by atoms with E-state index >= 15 is 0 Å². The summed E-state index contributed by atoms with van der Waals surface area (Å²) in [5.41, 5.74) is 0.342. The maximum Gasteiger partial charge on any atom is 0.257 e. The van der Waals surface area contributed by atoms with Crippen molar-refractivity contribution in [2.45, 2.75) is 18.1 Å². The molecule has 170 valence electrons. The highest BCUT2D eigenvalue weighted by Gasteiger charge is 2.50. The van der Waals surface area contributed by atoms with E-state index in [2.05, 4.69) is 15.6 Å². The fraction of sp³-hybridized carbons (Fsp3) is 0.304. The molecule has 0 unspecified atom stereocenters. The number of hydrogen-bond acceptors (Lipinski definition) is 6. The van der Waals surface area contributed by atoms with Crippen molar-refractivity contribution in [3.8, 4) is 0 Å². The zero-order valence-electron chi connectivity index (χ0n) is 17.7. The first-order valence-electron chi connectivity index (χ1n) is 10.5. The van der Waals surface area contributed by atoms with Crippen LogP contribution >= 0.6 is 11.8 Å². The van der Waals surface area contributed by atoms with Crippen molar-refractivity contribution in [2.75, 3.05) is 12.4 Å². The predicted octanol–water partition coefficient (Wildman–Crippen LogP) is 3.60. The van der Waals surface area contributed by atoms with Gasteiger partial charge in [-0.05, 0) is 24.6 Å². The topological polar surface area (TPSA) is 81.4 Å². The monoisotopic (exact) mass is 469 g/mol. The largest absolute Gasteiger partial charge is 0.369 e. The van der Waals surface area contributed by atoms with Crippen LogP contribution in [0, 0.1) is 17.6 Å². The normalized spacial score (nSPS) is 24.6. The third-order valence-electron chi connectivity index (χ3n) is 6.01. The van der Waals surface area contributed by atoms with Gasteiger partial charge in [0.1, 0.15) is 29.0 Å². The number of nitrogens with zero attached hydrogens (tertiary/aromatic N) is 4. The van der Waals surface area contributed by atoms with E-state index in [0.29, 0.717) is 28.6 Å². The van der Waals surface area contributed by atoms with Gasteiger partial charge in [-0.15, -0.1) is 5.10 Å². The molecule has 5 rings (SSSR count). The SMILES string of the molecule is Cn1cc([C@H]2C[C@H]3CSC(NC(=O)c4ccccc4)=N[C@@]3(c3ccc(F)cc3F)CO2)nn1. The van der Waals surface area contributed by atoms with Crippen molar-refractivity contribution in [3.63, 3.8) is 0 Å². The van der Waals surface area contributed by atoms with Crippen molar-refractivity contribution in [1.29, 1.82) is 0 Å². The lowest BCUT2D eigenvalue weighted by molar-refractivity contribution is -0.0607. The van der Waals surface area contributed by atoms with Crippen LogP contribution in [0.1, 0.15) is 34.1 Å². The number of aliphatic imine (C=N–C) groups is 1. The van der Waals surface area contributed by atoms with Gasteiger partial charge >= 0.3 is 0 Å². The highest BCUT2D eigenvalue weighted by Crippen LogP contribution is 2.49. The molecule has 33 heavy (non-hydrogen) atoms. The summed E-state index contributed by atoms with van der Waals surface area (Å²) in [6.07, 6.45) is 2.02. The first kappa shape index (κ1) is 21.7. The summed E-state index contributed by atoms with van der Waals surface area (Å²) >= 11 is 1.40. The van der Waals surface area contributed by atoms with Crippen LogP contribution in [0.25, 0.3) is 0 Å². The van der Waals surface area contributed by atoms with Crippen molar-refractivity contribution in [2.24, 2.45) is 18.0 Å². The number of ether oxygens (including phenoxy) is 1. The summed E-state index contributed by atoms with van der Waals surface area (Å²) in [4.78, 5) is 17.5. The Morgan fingerprint density at radius 3 is 2.79 bits per heavy atom. The third kappa shape index (κ3) is 4.16. The quantitative estimate of drug-likeness (QED) is 0.634. The van der Waals surface area contributed by atoms with E-state index in [1.807, 2.05) is 6.07 Å². The van der Waals surface area contributed by atoms with Gasteiger partial charge in [0.15, 0.2) is 5.17 Å². The molecule has 0 saturated carbocycles. The number of carbonyl (C=O) groups is 1. The standard InChI is InChI=1S/C23H21F2N5O2S/c1-30-11-19(28-29-30)20-9-15-12-33-22(26-21(31)14-5-3-2-4-6-14)27-23(15,13-32-20)17-8-7-16(24)10-18(17)25/h2-8,10-11,15,20H,9,12-13H2,1H3,(H,26,27,31)/t15-,20+,23-/m0/s1. The molecule has 1 amide bonds. The zero-order chi connectivity index (χ0) is 23.0. The molecule has 2 aliphatic rings. The fourth-order valence-electron chi connectivity index (χ4n) is 4.33. The van der Waals surface area contributed by atoms with E-state index in [9.17, 15) is 13.6 Å². The van der Waals surface area contributed by atoms with Crippen LogP contribution in [0.4, 0.5) is 8.78 Å². The summed E-state index contributed by atoms with van der Waals surface area (Å²) in [6.45, 7) is 0.0622. The molecule has 0 radical (unpaired) electrons. The molecule has 0 bridgehead atoms.